The van der Waals surface area contributed by atoms with E-state index in [9.17, 15) is 5.26 Å². The van der Waals surface area contributed by atoms with Crippen molar-refractivity contribution in [3.63, 3.8) is 0 Å². The molecule has 0 aromatic heterocycles. The standard InChI is InChI=1S/C17H15N/c1-17(14-18,16-10-6-3-7-11-16)13-12-15-8-4-2-5-9-15/h2-13H,1H3/b13-12+. The molecular weight excluding hydrogens is 218 g/mol. The molecule has 1 unspecified atom stereocenters. The van der Waals surface area contributed by atoms with Gasteiger partial charge in [-0.15, -0.1) is 0 Å². The SMILES string of the molecule is CC(C#N)(/C=C/c1ccccc1)c1ccccc1. The molecule has 18 heavy (non-hydrogen) atoms. The highest BCUT2D eigenvalue weighted by Crippen LogP contribution is 2.25. The van der Waals surface area contributed by atoms with Crippen molar-refractivity contribution in [3.8, 4) is 6.07 Å². The molecule has 1 atom stereocenters. The summed E-state index contributed by atoms with van der Waals surface area (Å²) >= 11 is 0. The summed E-state index contributed by atoms with van der Waals surface area (Å²) < 4.78 is 0. The first-order valence-corrected chi connectivity index (χ1v) is 5.96. The van der Waals surface area contributed by atoms with Crippen LogP contribution in [0.4, 0.5) is 0 Å². The number of nitrogens with zero attached hydrogens (tertiary/aromatic N) is 1. The molecule has 0 aliphatic rings. The summed E-state index contributed by atoms with van der Waals surface area (Å²) in [4.78, 5) is 0. The Bertz CT molecular complexity index is 564. The minimum atomic E-state index is -0.586. The summed E-state index contributed by atoms with van der Waals surface area (Å²) in [6.07, 6.45) is 3.95. The quantitative estimate of drug-likeness (QED) is 0.780. The van der Waals surface area contributed by atoms with Gasteiger partial charge in [-0.2, -0.15) is 5.26 Å². The average molecular weight is 233 g/mol. The van der Waals surface area contributed by atoms with Crippen LogP contribution in [0.2, 0.25) is 0 Å². The Balaban J connectivity index is 2.30. The van der Waals surface area contributed by atoms with Gasteiger partial charge in [-0.3, -0.25) is 0 Å². The molecule has 88 valence electrons. The molecule has 0 bridgehead atoms. The summed E-state index contributed by atoms with van der Waals surface area (Å²) in [5.74, 6) is 0. The van der Waals surface area contributed by atoms with Gasteiger partial charge >= 0.3 is 0 Å². The third kappa shape index (κ3) is 2.67. The second kappa shape index (κ2) is 5.33. The number of rotatable bonds is 3. The molecule has 0 N–H and O–H groups in total. The molecule has 2 rings (SSSR count). The summed E-state index contributed by atoms with van der Waals surface area (Å²) in [5, 5.41) is 9.42. The Morgan fingerprint density at radius 2 is 1.50 bits per heavy atom. The van der Waals surface area contributed by atoms with Gasteiger partial charge in [-0.05, 0) is 18.1 Å². The Morgan fingerprint density at radius 1 is 0.944 bits per heavy atom. The first-order chi connectivity index (χ1) is 8.74. The molecule has 0 saturated carbocycles. The average Bonchev–Trinajstić information content (AvgIpc) is 2.47. The number of hydrogen-bond donors (Lipinski definition) is 0. The van der Waals surface area contributed by atoms with Crippen molar-refractivity contribution in [1.29, 1.82) is 5.26 Å². The maximum atomic E-state index is 9.42. The highest BCUT2D eigenvalue weighted by Gasteiger charge is 2.22. The van der Waals surface area contributed by atoms with Crippen LogP contribution in [0.25, 0.3) is 6.08 Å². The molecule has 1 heteroatoms. The van der Waals surface area contributed by atoms with Crippen LogP contribution in [0.15, 0.2) is 66.7 Å². The maximum absolute atomic E-state index is 9.42. The number of hydrogen-bond acceptors (Lipinski definition) is 1. The van der Waals surface area contributed by atoms with Crippen molar-refractivity contribution in [2.24, 2.45) is 0 Å². The van der Waals surface area contributed by atoms with Crippen LogP contribution in [0.5, 0.6) is 0 Å². The lowest BCUT2D eigenvalue weighted by atomic mass is 9.83. The smallest absolute Gasteiger partial charge is 0.0977 e. The van der Waals surface area contributed by atoms with E-state index < -0.39 is 5.41 Å². The molecular formula is C17H15N. The predicted octanol–water partition coefficient (Wildman–Crippen LogP) is 4.18. The number of nitriles is 1. The van der Waals surface area contributed by atoms with Crippen molar-refractivity contribution in [2.75, 3.05) is 0 Å². The van der Waals surface area contributed by atoms with Crippen LogP contribution in [0.3, 0.4) is 0 Å². The van der Waals surface area contributed by atoms with E-state index in [1.807, 2.05) is 79.7 Å². The Morgan fingerprint density at radius 3 is 2.06 bits per heavy atom. The molecule has 0 radical (unpaired) electrons. The largest absolute Gasteiger partial charge is 0.197 e. The monoisotopic (exact) mass is 233 g/mol. The van der Waals surface area contributed by atoms with Gasteiger partial charge in [-0.1, -0.05) is 72.8 Å². The van der Waals surface area contributed by atoms with E-state index in [4.69, 9.17) is 0 Å². The minimum Gasteiger partial charge on any atom is -0.197 e. The molecule has 0 amide bonds. The summed E-state index contributed by atoms with van der Waals surface area (Å²) in [7, 11) is 0. The zero-order valence-electron chi connectivity index (χ0n) is 10.4. The van der Waals surface area contributed by atoms with Crippen molar-refractivity contribution in [1.82, 2.24) is 0 Å². The lowest BCUT2D eigenvalue weighted by Crippen LogP contribution is -2.15. The fraction of sp³-hybridized carbons (Fsp3) is 0.118. The van der Waals surface area contributed by atoms with E-state index in [0.717, 1.165) is 11.1 Å². The van der Waals surface area contributed by atoms with Gasteiger partial charge in [0.25, 0.3) is 0 Å². The summed E-state index contributed by atoms with van der Waals surface area (Å²) in [6, 6.07) is 22.2. The summed E-state index contributed by atoms with van der Waals surface area (Å²) in [5.41, 5.74) is 1.53. The van der Waals surface area contributed by atoms with E-state index in [1.165, 1.54) is 0 Å². The molecule has 0 heterocycles. The van der Waals surface area contributed by atoms with Crippen LogP contribution < -0.4 is 0 Å². The van der Waals surface area contributed by atoms with Crippen LogP contribution in [-0.2, 0) is 5.41 Å². The van der Waals surface area contributed by atoms with E-state index in [-0.39, 0.29) is 0 Å². The van der Waals surface area contributed by atoms with Crippen molar-refractivity contribution in [2.45, 2.75) is 12.3 Å². The third-order valence-corrected chi connectivity index (χ3v) is 3.01. The first-order valence-electron chi connectivity index (χ1n) is 5.96. The van der Waals surface area contributed by atoms with E-state index in [2.05, 4.69) is 6.07 Å². The van der Waals surface area contributed by atoms with Gasteiger partial charge < -0.3 is 0 Å². The van der Waals surface area contributed by atoms with Crippen LogP contribution in [-0.4, -0.2) is 0 Å². The normalized spacial score (nSPS) is 14.0. The lowest BCUT2D eigenvalue weighted by Gasteiger charge is -2.17. The van der Waals surface area contributed by atoms with Gasteiger partial charge in [-0.25, -0.2) is 0 Å². The van der Waals surface area contributed by atoms with Crippen LogP contribution in [0, 0.1) is 11.3 Å². The number of benzene rings is 2. The number of allylic oxidation sites excluding steroid dienone is 1. The third-order valence-electron chi connectivity index (χ3n) is 3.01. The van der Waals surface area contributed by atoms with Crippen molar-refractivity contribution in [3.05, 3.63) is 77.9 Å². The zero-order valence-corrected chi connectivity index (χ0v) is 10.4. The highest BCUT2D eigenvalue weighted by molar-refractivity contribution is 5.54. The summed E-state index contributed by atoms with van der Waals surface area (Å²) in [6.45, 7) is 1.93. The Hall–Kier alpha value is -2.33. The highest BCUT2D eigenvalue weighted by atomic mass is 14.3. The van der Waals surface area contributed by atoms with Crippen molar-refractivity contribution < 1.29 is 0 Å². The van der Waals surface area contributed by atoms with Gasteiger partial charge in [0.2, 0.25) is 0 Å². The van der Waals surface area contributed by atoms with Gasteiger partial charge in [0.1, 0.15) is 0 Å². The van der Waals surface area contributed by atoms with E-state index in [0.29, 0.717) is 0 Å². The lowest BCUT2D eigenvalue weighted by molar-refractivity contribution is 0.779. The molecule has 1 nitrogen and oxygen atoms in total. The fourth-order valence-electron chi connectivity index (χ4n) is 1.81. The molecule has 0 aliphatic carbocycles. The second-order valence-corrected chi connectivity index (χ2v) is 4.42. The molecule has 0 saturated heterocycles. The molecule has 0 spiro atoms. The molecule has 0 aliphatic heterocycles. The molecule has 0 fully saturated rings. The van der Waals surface area contributed by atoms with Crippen LogP contribution in [0.1, 0.15) is 18.1 Å². The van der Waals surface area contributed by atoms with Gasteiger partial charge in [0.05, 0.1) is 11.5 Å². The predicted molar refractivity (Wildman–Crippen MR) is 74.9 cm³/mol. The molecule has 2 aromatic rings. The van der Waals surface area contributed by atoms with Gasteiger partial charge in [0, 0.05) is 0 Å². The van der Waals surface area contributed by atoms with Crippen molar-refractivity contribution >= 4 is 6.08 Å². The minimum absolute atomic E-state index is 0.586. The fourth-order valence-corrected chi connectivity index (χ4v) is 1.81. The van der Waals surface area contributed by atoms with E-state index >= 15 is 0 Å². The Labute approximate surface area is 108 Å². The van der Waals surface area contributed by atoms with E-state index in [1.54, 1.807) is 0 Å². The zero-order chi connectivity index (χ0) is 12.8. The second-order valence-electron chi connectivity index (χ2n) is 4.42. The van der Waals surface area contributed by atoms with Gasteiger partial charge in [0.15, 0.2) is 0 Å². The topological polar surface area (TPSA) is 23.8 Å². The maximum Gasteiger partial charge on any atom is 0.0977 e. The Kier molecular flexibility index (Phi) is 3.60. The molecule has 2 aromatic carbocycles. The van der Waals surface area contributed by atoms with Crippen LogP contribution >= 0.6 is 0 Å². The first kappa shape index (κ1) is 12.1.